The summed E-state index contributed by atoms with van der Waals surface area (Å²) in [6, 6.07) is 3.88. The number of nitrogens with one attached hydrogen (secondary N) is 1. The van der Waals surface area contributed by atoms with Crippen molar-refractivity contribution in [2.75, 3.05) is 25.0 Å². The predicted octanol–water partition coefficient (Wildman–Crippen LogP) is 3.10. The van der Waals surface area contributed by atoms with Gasteiger partial charge in [-0.05, 0) is 17.5 Å². The number of aliphatic carboxylic acids is 2. The van der Waals surface area contributed by atoms with Crippen molar-refractivity contribution < 1.29 is 54.6 Å². The molecule has 18 heteroatoms. The Kier molecular flexibility index (Phi) is 11.0. The lowest BCUT2D eigenvalue weighted by Crippen LogP contribution is -2.35. The first-order valence-corrected chi connectivity index (χ1v) is 13.6. The minimum atomic E-state index is -5.08. The Hall–Kier alpha value is -3.54. The number of carboxylic acids is 2. The molecule has 41 heavy (non-hydrogen) atoms. The molecule has 228 valence electrons. The van der Waals surface area contributed by atoms with E-state index in [1.165, 1.54) is 0 Å². The summed E-state index contributed by atoms with van der Waals surface area (Å²) in [5.74, 6) is -4.49. The molecule has 0 spiro atoms. The Balaban J connectivity index is 0.000000349. The zero-order chi connectivity index (χ0) is 31.2. The van der Waals surface area contributed by atoms with Crippen LogP contribution < -0.4 is 5.32 Å². The molecule has 1 saturated heterocycles. The quantitative estimate of drug-likeness (QED) is 0.424. The number of aromatic nitrogens is 3. The summed E-state index contributed by atoms with van der Waals surface area (Å²) in [5.41, 5.74) is 2.68. The van der Waals surface area contributed by atoms with Crippen LogP contribution in [0.5, 0.6) is 0 Å². The number of likely N-dealkylation sites (tertiary alicyclic amines) is 1. The van der Waals surface area contributed by atoms with Gasteiger partial charge in [-0.25, -0.2) is 28.0 Å². The number of sulfone groups is 1. The standard InChI is InChI=1S/C19H25N5O2S.2C2HF3O2/c1-13(2)9-24-10-16-17(11-24)27(25,26)12-15-8-22-19(23-18(15)16)21-7-14-4-3-5-20-6-14;2*3-2(4,5)1(6)7/h3-6,8,13,16-17H,7,9-12H2,1-2H3,(H,21,22,23);2*(H,6,7)/t16-,17+;;/m0../s1. The van der Waals surface area contributed by atoms with Crippen molar-refractivity contribution in [1.29, 1.82) is 0 Å². The van der Waals surface area contributed by atoms with Gasteiger partial charge in [0.25, 0.3) is 0 Å². The number of carboxylic acid groups (broad SMARTS) is 2. The largest absolute Gasteiger partial charge is 0.490 e. The van der Waals surface area contributed by atoms with Crippen LogP contribution in [0.2, 0.25) is 0 Å². The van der Waals surface area contributed by atoms with Crippen molar-refractivity contribution >= 4 is 27.7 Å². The Morgan fingerprint density at radius 2 is 1.66 bits per heavy atom. The van der Waals surface area contributed by atoms with Gasteiger partial charge in [0.2, 0.25) is 5.95 Å². The normalized spacial score (nSPS) is 19.5. The lowest BCUT2D eigenvalue weighted by atomic mass is 10.00. The third-order valence-electron chi connectivity index (χ3n) is 5.69. The van der Waals surface area contributed by atoms with E-state index in [0.717, 1.165) is 29.9 Å². The molecule has 4 rings (SSSR count). The summed E-state index contributed by atoms with van der Waals surface area (Å²) in [7, 11) is -3.16. The second kappa shape index (κ2) is 13.4. The summed E-state index contributed by atoms with van der Waals surface area (Å²) >= 11 is 0. The zero-order valence-electron chi connectivity index (χ0n) is 21.6. The third kappa shape index (κ3) is 10.1. The molecule has 0 saturated carbocycles. The minimum absolute atomic E-state index is 0.0436. The fourth-order valence-electron chi connectivity index (χ4n) is 4.09. The van der Waals surface area contributed by atoms with Gasteiger partial charge in [-0.3, -0.25) is 4.98 Å². The smallest absolute Gasteiger partial charge is 0.475 e. The van der Waals surface area contributed by atoms with E-state index in [4.69, 9.17) is 24.8 Å². The minimum Gasteiger partial charge on any atom is -0.475 e. The Bertz CT molecular complexity index is 1280. The van der Waals surface area contributed by atoms with Gasteiger partial charge in [-0.1, -0.05) is 19.9 Å². The first-order chi connectivity index (χ1) is 18.8. The average molecular weight is 616 g/mol. The summed E-state index contributed by atoms with van der Waals surface area (Å²) in [4.78, 5) is 33.2. The molecule has 0 unspecified atom stereocenters. The molecule has 4 heterocycles. The van der Waals surface area contributed by atoms with Gasteiger partial charge in [-0.15, -0.1) is 0 Å². The molecule has 11 nitrogen and oxygen atoms in total. The van der Waals surface area contributed by atoms with E-state index in [2.05, 4.69) is 34.0 Å². The van der Waals surface area contributed by atoms with Crippen LogP contribution in [0, 0.1) is 5.92 Å². The fraction of sp³-hybridized carbons (Fsp3) is 0.522. The van der Waals surface area contributed by atoms with Crippen LogP contribution in [-0.4, -0.2) is 87.7 Å². The van der Waals surface area contributed by atoms with Gasteiger partial charge in [0.1, 0.15) is 0 Å². The molecule has 0 aliphatic carbocycles. The van der Waals surface area contributed by atoms with Crippen LogP contribution in [0.1, 0.15) is 36.6 Å². The van der Waals surface area contributed by atoms with E-state index < -0.39 is 34.1 Å². The van der Waals surface area contributed by atoms with Gasteiger partial charge in [-0.2, -0.15) is 26.3 Å². The molecular formula is C23H27F6N5O6S. The van der Waals surface area contributed by atoms with Gasteiger partial charge < -0.3 is 20.4 Å². The number of alkyl halides is 6. The lowest BCUT2D eigenvalue weighted by Gasteiger charge is -2.26. The first kappa shape index (κ1) is 33.7. The van der Waals surface area contributed by atoms with Crippen LogP contribution in [0.25, 0.3) is 0 Å². The van der Waals surface area contributed by atoms with Crippen LogP contribution in [0.3, 0.4) is 0 Å². The van der Waals surface area contributed by atoms with Gasteiger partial charge in [0.15, 0.2) is 9.84 Å². The van der Waals surface area contributed by atoms with Crippen molar-refractivity contribution in [2.24, 2.45) is 5.92 Å². The number of nitrogens with zero attached hydrogens (tertiary/aromatic N) is 4. The van der Waals surface area contributed by atoms with E-state index in [1.54, 1.807) is 18.6 Å². The van der Waals surface area contributed by atoms with Crippen LogP contribution >= 0.6 is 0 Å². The molecule has 2 aromatic heterocycles. The number of rotatable bonds is 5. The topological polar surface area (TPSA) is 163 Å². The van der Waals surface area contributed by atoms with Crippen molar-refractivity contribution in [1.82, 2.24) is 19.9 Å². The highest BCUT2D eigenvalue weighted by atomic mass is 32.2. The van der Waals surface area contributed by atoms with E-state index in [-0.39, 0.29) is 16.9 Å². The van der Waals surface area contributed by atoms with Crippen molar-refractivity contribution in [3.8, 4) is 0 Å². The predicted molar refractivity (Wildman–Crippen MR) is 131 cm³/mol. The molecule has 0 radical (unpaired) electrons. The first-order valence-electron chi connectivity index (χ1n) is 11.8. The number of hydrogen-bond donors (Lipinski definition) is 3. The van der Waals surface area contributed by atoms with Gasteiger partial charge in [0.05, 0.1) is 16.7 Å². The second-order valence-electron chi connectivity index (χ2n) is 9.49. The molecule has 1 fully saturated rings. The number of hydrogen-bond acceptors (Lipinski definition) is 9. The molecule has 2 aliphatic rings. The van der Waals surface area contributed by atoms with Crippen LogP contribution in [0.15, 0.2) is 30.7 Å². The fourth-order valence-corrected chi connectivity index (χ4v) is 6.11. The third-order valence-corrected chi connectivity index (χ3v) is 7.80. The zero-order valence-corrected chi connectivity index (χ0v) is 22.5. The molecule has 2 aliphatic heterocycles. The van der Waals surface area contributed by atoms with Crippen molar-refractivity contribution in [3.05, 3.63) is 47.5 Å². The number of anilines is 1. The maximum absolute atomic E-state index is 12.7. The SMILES string of the molecule is CC(C)CN1C[C@@H]2c3nc(NCc4cccnc4)ncc3CS(=O)(=O)[C@@H]2C1.O=C(O)C(F)(F)F.O=C(O)C(F)(F)F. The molecule has 0 amide bonds. The monoisotopic (exact) mass is 615 g/mol. The van der Waals surface area contributed by atoms with Gasteiger partial charge >= 0.3 is 24.3 Å². The summed E-state index contributed by atoms with van der Waals surface area (Å²) in [6.07, 6.45) is -4.95. The second-order valence-corrected chi connectivity index (χ2v) is 11.7. The van der Waals surface area contributed by atoms with Crippen LogP contribution in [-0.2, 0) is 31.7 Å². The highest BCUT2D eigenvalue weighted by Gasteiger charge is 2.47. The van der Waals surface area contributed by atoms with E-state index in [1.807, 2.05) is 12.1 Å². The van der Waals surface area contributed by atoms with Gasteiger partial charge in [0, 0.05) is 56.3 Å². The summed E-state index contributed by atoms with van der Waals surface area (Å²) in [6.45, 7) is 7.16. The molecule has 0 aromatic carbocycles. The summed E-state index contributed by atoms with van der Waals surface area (Å²) in [5, 5.41) is 17.1. The molecule has 2 atom stereocenters. The van der Waals surface area contributed by atoms with E-state index in [0.29, 0.717) is 25.0 Å². The highest BCUT2D eigenvalue weighted by Crippen LogP contribution is 2.39. The summed E-state index contributed by atoms with van der Waals surface area (Å²) < 4.78 is 89.0. The molecule has 0 bridgehead atoms. The van der Waals surface area contributed by atoms with Crippen LogP contribution in [0.4, 0.5) is 32.3 Å². The van der Waals surface area contributed by atoms with E-state index in [9.17, 15) is 34.8 Å². The van der Waals surface area contributed by atoms with E-state index >= 15 is 0 Å². The number of fused-ring (bicyclic) bond motifs is 3. The number of pyridine rings is 1. The number of halogens is 6. The Morgan fingerprint density at radius 3 is 2.15 bits per heavy atom. The molecule has 3 N–H and O–H groups in total. The molecular weight excluding hydrogens is 588 g/mol. The molecule has 2 aromatic rings. The Labute approximate surface area is 230 Å². The van der Waals surface area contributed by atoms with Crippen molar-refractivity contribution in [2.45, 2.75) is 49.7 Å². The maximum atomic E-state index is 12.7. The van der Waals surface area contributed by atoms with Crippen molar-refractivity contribution in [3.63, 3.8) is 0 Å². The Morgan fingerprint density at radius 1 is 1.07 bits per heavy atom. The maximum Gasteiger partial charge on any atom is 0.490 e. The lowest BCUT2D eigenvalue weighted by molar-refractivity contribution is -0.193. The average Bonchev–Trinajstić information content (AvgIpc) is 3.28. The highest BCUT2D eigenvalue weighted by molar-refractivity contribution is 7.91. The number of carbonyl (C=O) groups is 2.